The Bertz CT molecular complexity index is 998. The van der Waals surface area contributed by atoms with Crippen molar-refractivity contribution in [1.82, 2.24) is 9.80 Å². The van der Waals surface area contributed by atoms with Gasteiger partial charge in [0.25, 0.3) is 5.91 Å². The van der Waals surface area contributed by atoms with Crippen molar-refractivity contribution in [2.75, 3.05) is 54.8 Å². The molecule has 0 spiro atoms. The monoisotopic (exact) mass is 427 g/mol. The van der Waals surface area contributed by atoms with Crippen molar-refractivity contribution in [2.24, 2.45) is 0 Å². The number of hydrogen-bond donors (Lipinski definition) is 0. The SMILES string of the molecule is CS(=O)(=O)N1CCc2cc(C(=O)N3CCN([C@@H]4CCS(=O)(=O)C4)CC3)ccc21. The number of sulfone groups is 1. The van der Waals surface area contributed by atoms with Crippen LogP contribution >= 0.6 is 0 Å². The average molecular weight is 428 g/mol. The van der Waals surface area contributed by atoms with E-state index in [1.807, 2.05) is 0 Å². The third-order valence-electron chi connectivity index (χ3n) is 5.91. The van der Waals surface area contributed by atoms with Crippen LogP contribution in [-0.2, 0) is 26.3 Å². The Morgan fingerprint density at radius 2 is 1.82 bits per heavy atom. The molecule has 28 heavy (non-hydrogen) atoms. The molecule has 8 nitrogen and oxygen atoms in total. The molecule has 3 aliphatic heterocycles. The van der Waals surface area contributed by atoms with E-state index in [0.29, 0.717) is 56.8 Å². The molecule has 0 aliphatic carbocycles. The highest BCUT2D eigenvalue weighted by atomic mass is 32.2. The Kier molecular flexibility index (Phi) is 4.91. The smallest absolute Gasteiger partial charge is 0.253 e. The van der Waals surface area contributed by atoms with Gasteiger partial charge in [-0.15, -0.1) is 0 Å². The summed E-state index contributed by atoms with van der Waals surface area (Å²) in [5.41, 5.74) is 2.11. The molecule has 3 heterocycles. The summed E-state index contributed by atoms with van der Waals surface area (Å²) in [4.78, 5) is 16.9. The molecule has 0 bridgehead atoms. The number of benzene rings is 1. The standard InChI is InChI=1S/C18H25N3O5S2/c1-27(23,24)21-6-4-14-12-15(2-3-17(14)21)18(22)20-9-7-19(8-10-20)16-5-11-28(25,26)13-16/h2-3,12,16H,4-11,13H2,1H3/t16-/m1/s1. The van der Waals surface area contributed by atoms with E-state index in [1.54, 1.807) is 23.1 Å². The van der Waals surface area contributed by atoms with Gasteiger partial charge in [0.15, 0.2) is 9.84 Å². The molecule has 2 fully saturated rings. The van der Waals surface area contributed by atoms with Crippen molar-refractivity contribution in [2.45, 2.75) is 18.9 Å². The summed E-state index contributed by atoms with van der Waals surface area (Å²) in [6.07, 6.45) is 2.47. The van der Waals surface area contributed by atoms with E-state index < -0.39 is 19.9 Å². The highest BCUT2D eigenvalue weighted by Gasteiger charge is 2.34. The van der Waals surface area contributed by atoms with Crippen LogP contribution < -0.4 is 4.31 Å². The Hall–Kier alpha value is -1.65. The molecule has 2 saturated heterocycles. The maximum atomic E-state index is 12.9. The fourth-order valence-electron chi connectivity index (χ4n) is 4.39. The molecule has 1 atom stereocenters. The van der Waals surface area contributed by atoms with Crippen molar-refractivity contribution in [3.8, 4) is 0 Å². The third-order valence-corrected chi connectivity index (χ3v) is 8.84. The summed E-state index contributed by atoms with van der Waals surface area (Å²) < 4.78 is 48.5. The van der Waals surface area contributed by atoms with Crippen molar-refractivity contribution < 1.29 is 21.6 Å². The van der Waals surface area contributed by atoms with E-state index in [2.05, 4.69) is 4.90 Å². The van der Waals surface area contributed by atoms with Gasteiger partial charge in [-0.3, -0.25) is 14.0 Å². The normalized spacial score (nSPS) is 25.1. The van der Waals surface area contributed by atoms with E-state index in [-0.39, 0.29) is 23.5 Å². The molecule has 4 rings (SSSR count). The number of piperazine rings is 1. The Labute approximate surface area is 166 Å². The Balaban J connectivity index is 1.41. The van der Waals surface area contributed by atoms with E-state index in [9.17, 15) is 21.6 Å². The number of amides is 1. The molecule has 0 aromatic heterocycles. The van der Waals surface area contributed by atoms with Gasteiger partial charge in [-0.1, -0.05) is 0 Å². The van der Waals surface area contributed by atoms with Crippen LogP contribution in [0.3, 0.4) is 0 Å². The van der Waals surface area contributed by atoms with E-state index in [1.165, 1.54) is 10.6 Å². The van der Waals surface area contributed by atoms with Crippen LogP contribution in [-0.4, -0.2) is 89.1 Å². The fourth-order valence-corrected chi connectivity index (χ4v) is 7.11. The average Bonchev–Trinajstić information content (AvgIpc) is 3.23. The summed E-state index contributed by atoms with van der Waals surface area (Å²) in [6.45, 7) is 2.91. The van der Waals surface area contributed by atoms with Crippen LogP contribution in [0.2, 0.25) is 0 Å². The third kappa shape index (κ3) is 3.77. The van der Waals surface area contributed by atoms with Crippen LogP contribution in [0, 0.1) is 0 Å². The first-order chi connectivity index (χ1) is 13.1. The van der Waals surface area contributed by atoms with Crippen molar-refractivity contribution in [1.29, 1.82) is 0 Å². The van der Waals surface area contributed by atoms with Gasteiger partial charge in [-0.25, -0.2) is 16.8 Å². The molecule has 0 radical (unpaired) electrons. The first-order valence-electron chi connectivity index (χ1n) is 9.48. The second-order valence-electron chi connectivity index (χ2n) is 7.81. The molecule has 154 valence electrons. The Morgan fingerprint density at radius 3 is 2.43 bits per heavy atom. The molecular formula is C18H25N3O5S2. The number of sulfonamides is 1. The highest BCUT2D eigenvalue weighted by molar-refractivity contribution is 7.92. The van der Waals surface area contributed by atoms with Crippen LogP contribution in [0.15, 0.2) is 18.2 Å². The largest absolute Gasteiger partial charge is 0.336 e. The number of nitrogens with zero attached hydrogens (tertiary/aromatic N) is 3. The zero-order valence-corrected chi connectivity index (χ0v) is 17.5. The molecule has 1 amide bonds. The molecule has 0 saturated carbocycles. The van der Waals surface area contributed by atoms with Gasteiger partial charge < -0.3 is 4.90 Å². The molecule has 0 unspecified atom stereocenters. The summed E-state index contributed by atoms with van der Waals surface area (Å²) in [5.74, 6) is 0.429. The summed E-state index contributed by atoms with van der Waals surface area (Å²) in [5, 5.41) is 0. The van der Waals surface area contributed by atoms with Crippen molar-refractivity contribution >= 4 is 31.5 Å². The van der Waals surface area contributed by atoms with Gasteiger partial charge in [0, 0.05) is 44.3 Å². The highest BCUT2D eigenvalue weighted by Crippen LogP contribution is 2.31. The lowest BCUT2D eigenvalue weighted by Crippen LogP contribution is -2.52. The topological polar surface area (TPSA) is 95.1 Å². The number of carbonyl (C=O) groups excluding carboxylic acids is 1. The number of anilines is 1. The number of fused-ring (bicyclic) bond motifs is 1. The number of carbonyl (C=O) groups is 1. The van der Waals surface area contributed by atoms with Gasteiger partial charge in [0.1, 0.15) is 0 Å². The second-order valence-corrected chi connectivity index (χ2v) is 11.9. The summed E-state index contributed by atoms with van der Waals surface area (Å²) >= 11 is 0. The van der Waals surface area contributed by atoms with Crippen LogP contribution in [0.25, 0.3) is 0 Å². The molecule has 3 aliphatic rings. The van der Waals surface area contributed by atoms with Gasteiger partial charge >= 0.3 is 0 Å². The lowest BCUT2D eigenvalue weighted by atomic mass is 10.1. The predicted octanol–water partition coefficient (Wildman–Crippen LogP) is -0.0464. The van der Waals surface area contributed by atoms with Crippen LogP contribution in [0.1, 0.15) is 22.3 Å². The van der Waals surface area contributed by atoms with Gasteiger partial charge in [0.2, 0.25) is 10.0 Å². The van der Waals surface area contributed by atoms with Gasteiger partial charge in [-0.05, 0) is 36.6 Å². The first kappa shape index (κ1) is 19.7. The zero-order chi connectivity index (χ0) is 20.1. The zero-order valence-electron chi connectivity index (χ0n) is 15.9. The van der Waals surface area contributed by atoms with Crippen LogP contribution in [0.5, 0.6) is 0 Å². The lowest BCUT2D eigenvalue weighted by Gasteiger charge is -2.37. The summed E-state index contributed by atoms with van der Waals surface area (Å²) in [7, 11) is -6.21. The van der Waals surface area contributed by atoms with Crippen molar-refractivity contribution in [3.63, 3.8) is 0 Å². The predicted molar refractivity (Wildman–Crippen MR) is 107 cm³/mol. The molecule has 10 heteroatoms. The maximum absolute atomic E-state index is 12.9. The van der Waals surface area contributed by atoms with E-state index >= 15 is 0 Å². The minimum absolute atomic E-state index is 0.0562. The molecule has 0 N–H and O–H groups in total. The first-order valence-corrected chi connectivity index (χ1v) is 13.2. The van der Waals surface area contributed by atoms with Gasteiger partial charge in [-0.2, -0.15) is 0 Å². The number of hydrogen-bond acceptors (Lipinski definition) is 6. The van der Waals surface area contributed by atoms with Crippen LogP contribution in [0.4, 0.5) is 5.69 Å². The quantitative estimate of drug-likeness (QED) is 0.672. The molecule has 1 aromatic carbocycles. The minimum Gasteiger partial charge on any atom is -0.336 e. The molecular weight excluding hydrogens is 402 g/mol. The van der Waals surface area contributed by atoms with Gasteiger partial charge in [0.05, 0.1) is 23.4 Å². The Morgan fingerprint density at radius 1 is 1.11 bits per heavy atom. The van der Waals surface area contributed by atoms with E-state index in [4.69, 9.17) is 0 Å². The fraction of sp³-hybridized carbons (Fsp3) is 0.611. The number of rotatable bonds is 3. The second kappa shape index (κ2) is 7.00. The summed E-state index contributed by atoms with van der Waals surface area (Å²) in [6, 6.07) is 5.29. The lowest BCUT2D eigenvalue weighted by molar-refractivity contribution is 0.0587. The minimum atomic E-state index is -3.30. The van der Waals surface area contributed by atoms with E-state index in [0.717, 1.165) is 5.56 Å². The molecule has 1 aromatic rings. The van der Waals surface area contributed by atoms with Crippen molar-refractivity contribution in [3.05, 3.63) is 29.3 Å². The maximum Gasteiger partial charge on any atom is 0.253 e.